The lowest BCUT2D eigenvalue weighted by atomic mass is 9.66. The number of fused-ring (bicyclic) bond motifs is 1. The summed E-state index contributed by atoms with van der Waals surface area (Å²) in [5.74, 6) is 1.96. The fourth-order valence-electron chi connectivity index (χ4n) is 3.97. The van der Waals surface area contributed by atoms with E-state index in [1.54, 1.807) is 0 Å². The molecule has 3 saturated carbocycles. The van der Waals surface area contributed by atoms with E-state index in [4.69, 9.17) is 0 Å². The molecule has 3 aliphatic carbocycles. The first-order valence-electron chi connectivity index (χ1n) is 5.37. The second kappa shape index (κ2) is 2.12. The summed E-state index contributed by atoms with van der Waals surface area (Å²) in [6.07, 6.45) is 8.98. The number of rotatable bonds is 0. The molecule has 3 rings (SSSR count). The van der Waals surface area contributed by atoms with Crippen LogP contribution in [-0.2, 0) is 4.79 Å². The lowest BCUT2D eigenvalue weighted by Crippen LogP contribution is -2.33. The summed E-state index contributed by atoms with van der Waals surface area (Å²) < 4.78 is 0. The standard InChI is InChI=1S/C11H16O/c12-10-8-4-6-11(10)5-2-1-3-9(11)7-8/h8-9H,1-7H2/t8-,9-,11+/m0/s1. The molecule has 3 fully saturated rings. The average Bonchev–Trinajstić information content (AvgIpc) is 2.56. The van der Waals surface area contributed by atoms with Crippen LogP contribution < -0.4 is 0 Å². The third-order valence-electron chi connectivity index (χ3n) is 4.58. The second-order valence-electron chi connectivity index (χ2n) is 4.93. The molecule has 2 bridgehead atoms. The van der Waals surface area contributed by atoms with Gasteiger partial charge >= 0.3 is 0 Å². The topological polar surface area (TPSA) is 17.1 Å². The molecule has 0 aromatic carbocycles. The SMILES string of the molecule is O=C1[C@H]2CC[C@@]13CCCC[C@H]3C2. The molecule has 0 saturated heterocycles. The summed E-state index contributed by atoms with van der Waals surface area (Å²) in [6.45, 7) is 0. The molecular weight excluding hydrogens is 148 g/mol. The van der Waals surface area contributed by atoms with Gasteiger partial charge in [-0.1, -0.05) is 12.8 Å². The van der Waals surface area contributed by atoms with E-state index in [1.165, 1.54) is 44.9 Å². The first-order chi connectivity index (χ1) is 5.83. The minimum Gasteiger partial charge on any atom is -0.299 e. The van der Waals surface area contributed by atoms with Crippen LogP contribution in [0.1, 0.15) is 44.9 Å². The largest absolute Gasteiger partial charge is 0.299 e. The number of hydrogen-bond acceptors (Lipinski definition) is 1. The molecule has 0 radical (unpaired) electrons. The van der Waals surface area contributed by atoms with Gasteiger partial charge in [-0.25, -0.2) is 0 Å². The monoisotopic (exact) mass is 164 g/mol. The molecule has 1 nitrogen and oxygen atoms in total. The maximum atomic E-state index is 11.9. The van der Waals surface area contributed by atoms with Crippen LogP contribution in [0.25, 0.3) is 0 Å². The minimum atomic E-state index is 0.225. The van der Waals surface area contributed by atoms with Crippen molar-refractivity contribution in [1.29, 1.82) is 0 Å². The van der Waals surface area contributed by atoms with Gasteiger partial charge in [-0.05, 0) is 38.0 Å². The van der Waals surface area contributed by atoms with Gasteiger partial charge in [0.25, 0.3) is 0 Å². The van der Waals surface area contributed by atoms with Crippen molar-refractivity contribution in [2.24, 2.45) is 17.3 Å². The Hall–Kier alpha value is -0.330. The van der Waals surface area contributed by atoms with E-state index in [1.807, 2.05) is 0 Å². The zero-order valence-electron chi connectivity index (χ0n) is 7.51. The van der Waals surface area contributed by atoms with Crippen molar-refractivity contribution in [2.45, 2.75) is 44.9 Å². The van der Waals surface area contributed by atoms with Gasteiger partial charge in [-0.2, -0.15) is 0 Å². The highest BCUT2D eigenvalue weighted by molar-refractivity contribution is 5.91. The Kier molecular flexibility index (Phi) is 1.26. The Bertz CT molecular complexity index is 233. The van der Waals surface area contributed by atoms with Crippen molar-refractivity contribution in [3.63, 3.8) is 0 Å². The van der Waals surface area contributed by atoms with Crippen LogP contribution in [0.5, 0.6) is 0 Å². The lowest BCUT2D eigenvalue weighted by molar-refractivity contribution is -0.128. The molecule has 1 spiro atoms. The van der Waals surface area contributed by atoms with Crippen molar-refractivity contribution >= 4 is 5.78 Å². The Morgan fingerprint density at radius 1 is 1.17 bits per heavy atom. The summed E-state index contributed by atoms with van der Waals surface area (Å²) in [7, 11) is 0. The number of ketones is 1. The molecule has 3 atom stereocenters. The van der Waals surface area contributed by atoms with Crippen LogP contribution in [0, 0.1) is 17.3 Å². The Balaban J connectivity index is 2.01. The van der Waals surface area contributed by atoms with Crippen molar-refractivity contribution < 1.29 is 4.79 Å². The van der Waals surface area contributed by atoms with E-state index >= 15 is 0 Å². The average molecular weight is 164 g/mol. The normalized spacial score (nSPS) is 51.2. The van der Waals surface area contributed by atoms with Crippen molar-refractivity contribution in [3.05, 3.63) is 0 Å². The van der Waals surface area contributed by atoms with Gasteiger partial charge in [-0.15, -0.1) is 0 Å². The first kappa shape index (κ1) is 7.11. The predicted octanol–water partition coefficient (Wildman–Crippen LogP) is 2.55. The quantitative estimate of drug-likeness (QED) is 0.537. The lowest BCUT2D eigenvalue weighted by Gasteiger charge is -2.37. The summed E-state index contributed by atoms with van der Waals surface area (Å²) >= 11 is 0. The third kappa shape index (κ3) is 0.641. The van der Waals surface area contributed by atoms with E-state index in [9.17, 15) is 4.79 Å². The van der Waals surface area contributed by atoms with Crippen LogP contribution in [0.2, 0.25) is 0 Å². The summed E-state index contributed by atoms with van der Waals surface area (Å²) in [4.78, 5) is 11.9. The fourth-order valence-corrected chi connectivity index (χ4v) is 3.97. The molecule has 0 heterocycles. The predicted molar refractivity (Wildman–Crippen MR) is 46.7 cm³/mol. The van der Waals surface area contributed by atoms with E-state index in [2.05, 4.69) is 0 Å². The van der Waals surface area contributed by atoms with E-state index in [0.717, 1.165) is 5.92 Å². The number of carbonyl (C=O) groups is 1. The molecule has 0 amide bonds. The minimum absolute atomic E-state index is 0.225. The highest BCUT2D eigenvalue weighted by Gasteiger charge is 2.58. The molecule has 66 valence electrons. The summed E-state index contributed by atoms with van der Waals surface area (Å²) in [5, 5.41) is 0. The fraction of sp³-hybridized carbons (Fsp3) is 0.909. The Morgan fingerprint density at radius 2 is 2.08 bits per heavy atom. The van der Waals surface area contributed by atoms with E-state index < -0.39 is 0 Å². The molecule has 0 aliphatic heterocycles. The van der Waals surface area contributed by atoms with Gasteiger partial charge in [0, 0.05) is 11.3 Å². The smallest absolute Gasteiger partial charge is 0.142 e. The highest BCUT2D eigenvalue weighted by Crippen LogP contribution is 2.60. The van der Waals surface area contributed by atoms with Gasteiger partial charge in [0.15, 0.2) is 0 Å². The first-order valence-corrected chi connectivity index (χ1v) is 5.37. The van der Waals surface area contributed by atoms with Crippen LogP contribution in [0.4, 0.5) is 0 Å². The second-order valence-corrected chi connectivity index (χ2v) is 4.93. The summed E-state index contributed by atoms with van der Waals surface area (Å²) in [5.41, 5.74) is 0.225. The molecule has 0 N–H and O–H groups in total. The van der Waals surface area contributed by atoms with Gasteiger partial charge in [-0.3, -0.25) is 4.79 Å². The molecule has 0 aromatic heterocycles. The Labute approximate surface area is 73.5 Å². The molecule has 0 unspecified atom stereocenters. The Morgan fingerprint density at radius 3 is 2.83 bits per heavy atom. The van der Waals surface area contributed by atoms with Gasteiger partial charge in [0.2, 0.25) is 0 Å². The van der Waals surface area contributed by atoms with Crippen molar-refractivity contribution in [1.82, 2.24) is 0 Å². The third-order valence-corrected chi connectivity index (χ3v) is 4.58. The van der Waals surface area contributed by atoms with Crippen LogP contribution in [-0.4, -0.2) is 5.78 Å². The maximum absolute atomic E-state index is 11.9. The number of Topliss-reactive ketones (excluding diaryl/α,β-unsaturated/α-hetero) is 1. The maximum Gasteiger partial charge on any atom is 0.142 e. The zero-order chi connectivity index (χ0) is 8.18. The van der Waals surface area contributed by atoms with E-state index in [-0.39, 0.29) is 5.41 Å². The summed E-state index contributed by atoms with van der Waals surface area (Å²) in [6, 6.07) is 0. The van der Waals surface area contributed by atoms with E-state index in [0.29, 0.717) is 11.7 Å². The van der Waals surface area contributed by atoms with Gasteiger partial charge in [0.05, 0.1) is 0 Å². The molecule has 1 heteroatoms. The number of hydrogen-bond donors (Lipinski definition) is 0. The van der Waals surface area contributed by atoms with Crippen LogP contribution >= 0.6 is 0 Å². The zero-order valence-corrected chi connectivity index (χ0v) is 7.51. The van der Waals surface area contributed by atoms with Gasteiger partial charge in [0.1, 0.15) is 5.78 Å². The molecule has 0 aromatic rings. The molecular formula is C11H16O. The number of carbonyl (C=O) groups excluding carboxylic acids is 1. The highest BCUT2D eigenvalue weighted by atomic mass is 16.1. The van der Waals surface area contributed by atoms with Crippen molar-refractivity contribution in [2.75, 3.05) is 0 Å². The molecule has 3 aliphatic rings. The molecule has 12 heavy (non-hydrogen) atoms. The van der Waals surface area contributed by atoms with Crippen molar-refractivity contribution in [3.8, 4) is 0 Å². The van der Waals surface area contributed by atoms with Crippen LogP contribution in [0.15, 0.2) is 0 Å². The van der Waals surface area contributed by atoms with Crippen LogP contribution in [0.3, 0.4) is 0 Å². The van der Waals surface area contributed by atoms with Gasteiger partial charge < -0.3 is 0 Å².